The number of aryl methyl sites for hydroxylation is 1. The zero-order valence-corrected chi connectivity index (χ0v) is 10.9. The summed E-state index contributed by atoms with van der Waals surface area (Å²) in [5, 5.41) is 0.778. The number of hydrogen-bond donors (Lipinski definition) is 0. The molecule has 0 bridgehead atoms. The Hall–Kier alpha value is -2.75. The van der Waals surface area contributed by atoms with Crippen molar-refractivity contribution in [3.8, 4) is 11.3 Å². The fraction of sp³-hybridized carbons (Fsp3) is 0.0625. The van der Waals surface area contributed by atoms with Crippen molar-refractivity contribution in [2.24, 2.45) is 7.05 Å². The molecule has 0 spiro atoms. The smallest absolute Gasteiger partial charge is 0.306 e. The standard InChI is InChI=1S/C16H12N2O2/c1-18-13-10-6-5-9-12(13)14(17-15(19)16(18)20)11-7-3-2-4-8-11/h2-10H,1H3. The van der Waals surface area contributed by atoms with Crippen molar-refractivity contribution in [3.63, 3.8) is 0 Å². The van der Waals surface area contributed by atoms with Gasteiger partial charge in [0.15, 0.2) is 0 Å². The first-order valence-electron chi connectivity index (χ1n) is 6.24. The summed E-state index contributed by atoms with van der Waals surface area (Å²) in [7, 11) is 1.59. The van der Waals surface area contributed by atoms with E-state index in [9.17, 15) is 9.59 Å². The maximum atomic E-state index is 12.0. The molecule has 0 aliphatic carbocycles. The second-order valence-corrected chi connectivity index (χ2v) is 4.51. The van der Waals surface area contributed by atoms with E-state index in [0.717, 1.165) is 10.9 Å². The largest absolute Gasteiger partial charge is 0.336 e. The second-order valence-electron chi connectivity index (χ2n) is 4.51. The molecule has 0 atom stereocenters. The predicted octanol–water partition coefficient (Wildman–Crippen LogP) is 1.96. The van der Waals surface area contributed by atoms with Crippen LogP contribution >= 0.6 is 0 Å². The van der Waals surface area contributed by atoms with E-state index in [1.54, 1.807) is 7.05 Å². The van der Waals surface area contributed by atoms with Gasteiger partial charge in [-0.05, 0) is 6.07 Å². The Morgan fingerprint density at radius 1 is 0.900 bits per heavy atom. The van der Waals surface area contributed by atoms with Crippen LogP contribution in [0.5, 0.6) is 0 Å². The Balaban J connectivity index is 2.58. The van der Waals surface area contributed by atoms with E-state index in [1.165, 1.54) is 4.57 Å². The topological polar surface area (TPSA) is 52.0 Å². The van der Waals surface area contributed by atoms with Crippen LogP contribution in [0.1, 0.15) is 0 Å². The molecule has 2 aromatic carbocycles. The Morgan fingerprint density at radius 3 is 2.30 bits per heavy atom. The molecule has 0 fully saturated rings. The summed E-state index contributed by atoms with van der Waals surface area (Å²) in [6.45, 7) is 0. The molecule has 0 unspecified atom stereocenters. The van der Waals surface area contributed by atoms with Crippen molar-refractivity contribution in [2.75, 3.05) is 0 Å². The Kier molecular flexibility index (Phi) is 2.91. The summed E-state index contributed by atoms with van der Waals surface area (Å²) in [6.07, 6.45) is 0. The average molecular weight is 264 g/mol. The van der Waals surface area contributed by atoms with Gasteiger partial charge in [0.05, 0.1) is 11.2 Å². The van der Waals surface area contributed by atoms with Gasteiger partial charge >= 0.3 is 11.1 Å². The van der Waals surface area contributed by atoms with Gasteiger partial charge in [-0.25, -0.2) is 4.98 Å². The number of benzene rings is 2. The fourth-order valence-electron chi connectivity index (χ4n) is 2.24. The molecule has 0 amide bonds. The Bertz CT molecular complexity index is 899. The lowest BCUT2D eigenvalue weighted by molar-refractivity contribution is 0.892. The van der Waals surface area contributed by atoms with Crippen LogP contribution in [-0.2, 0) is 7.05 Å². The van der Waals surface area contributed by atoms with Crippen molar-refractivity contribution >= 4 is 10.9 Å². The van der Waals surface area contributed by atoms with Gasteiger partial charge in [-0.1, -0.05) is 48.5 Å². The minimum Gasteiger partial charge on any atom is -0.306 e. The number of hydrogen-bond acceptors (Lipinski definition) is 3. The lowest BCUT2D eigenvalue weighted by Crippen LogP contribution is -2.31. The number of rotatable bonds is 1. The molecule has 4 nitrogen and oxygen atoms in total. The first-order valence-corrected chi connectivity index (χ1v) is 6.24. The van der Waals surface area contributed by atoms with Crippen LogP contribution in [0.2, 0.25) is 0 Å². The first kappa shape index (κ1) is 12.3. The quantitative estimate of drug-likeness (QED) is 0.631. The highest BCUT2D eigenvalue weighted by atomic mass is 16.2. The molecule has 0 N–H and O–H groups in total. The SMILES string of the molecule is Cn1c(=O)c(=O)nc(-c2ccccc2)c2ccccc21. The first-order chi connectivity index (χ1) is 9.68. The lowest BCUT2D eigenvalue weighted by Gasteiger charge is -2.02. The van der Waals surface area contributed by atoms with Crippen LogP contribution in [0.15, 0.2) is 64.2 Å². The van der Waals surface area contributed by atoms with Crippen LogP contribution < -0.4 is 11.1 Å². The normalized spacial score (nSPS) is 10.7. The third-order valence-electron chi connectivity index (χ3n) is 3.27. The van der Waals surface area contributed by atoms with Gasteiger partial charge < -0.3 is 4.57 Å². The third kappa shape index (κ3) is 1.91. The van der Waals surface area contributed by atoms with Crippen molar-refractivity contribution in [3.05, 3.63) is 75.3 Å². The highest BCUT2D eigenvalue weighted by Gasteiger charge is 2.09. The molecule has 0 aliphatic heterocycles. The summed E-state index contributed by atoms with van der Waals surface area (Å²) in [6, 6.07) is 16.8. The minimum absolute atomic E-state index is 0.531. The van der Waals surface area contributed by atoms with E-state index in [1.807, 2.05) is 54.6 Å². The predicted molar refractivity (Wildman–Crippen MR) is 78.7 cm³/mol. The van der Waals surface area contributed by atoms with Gasteiger partial charge in [0, 0.05) is 18.0 Å². The van der Waals surface area contributed by atoms with E-state index >= 15 is 0 Å². The van der Waals surface area contributed by atoms with Crippen LogP contribution in [0.25, 0.3) is 22.2 Å². The molecule has 3 aromatic rings. The maximum Gasteiger partial charge on any atom is 0.336 e. The van der Waals surface area contributed by atoms with Crippen LogP contribution in [0, 0.1) is 0 Å². The molecule has 1 heterocycles. The number of aromatic nitrogens is 2. The molecule has 1 aromatic heterocycles. The monoisotopic (exact) mass is 264 g/mol. The Labute approximate surface area is 115 Å². The summed E-state index contributed by atoms with van der Waals surface area (Å²) >= 11 is 0. The van der Waals surface area contributed by atoms with Crippen molar-refractivity contribution in [1.82, 2.24) is 9.55 Å². The van der Waals surface area contributed by atoms with Crippen molar-refractivity contribution in [1.29, 1.82) is 0 Å². The van der Waals surface area contributed by atoms with E-state index in [0.29, 0.717) is 11.2 Å². The molecule has 3 rings (SSSR count). The van der Waals surface area contributed by atoms with Crippen LogP contribution in [0.3, 0.4) is 0 Å². The third-order valence-corrected chi connectivity index (χ3v) is 3.27. The number of fused-ring (bicyclic) bond motifs is 1. The summed E-state index contributed by atoms with van der Waals surface area (Å²) < 4.78 is 1.34. The molecule has 4 heteroatoms. The van der Waals surface area contributed by atoms with Crippen LogP contribution in [-0.4, -0.2) is 9.55 Å². The highest BCUT2D eigenvalue weighted by molar-refractivity contribution is 5.91. The number of nitrogens with zero attached hydrogens (tertiary/aromatic N) is 2. The lowest BCUT2D eigenvalue weighted by atomic mass is 10.1. The van der Waals surface area contributed by atoms with E-state index in [2.05, 4.69) is 4.98 Å². The molecule has 0 aliphatic rings. The van der Waals surface area contributed by atoms with Crippen LogP contribution in [0.4, 0.5) is 0 Å². The molecular formula is C16H12N2O2. The van der Waals surface area contributed by atoms with Gasteiger partial charge in [-0.15, -0.1) is 0 Å². The molecular weight excluding hydrogens is 252 g/mol. The summed E-state index contributed by atoms with van der Waals surface area (Å²) in [4.78, 5) is 27.9. The van der Waals surface area contributed by atoms with E-state index < -0.39 is 11.1 Å². The zero-order chi connectivity index (χ0) is 14.1. The molecule has 20 heavy (non-hydrogen) atoms. The van der Waals surface area contributed by atoms with Gasteiger partial charge in [-0.2, -0.15) is 0 Å². The van der Waals surface area contributed by atoms with E-state index in [-0.39, 0.29) is 0 Å². The summed E-state index contributed by atoms with van der Waals surface area (Å²) in [5.41, 5.74) is 0.664. The zero-order valence-electron chi connectivity index (χ0n) is 10.9. The molecule has 0 saturated heterocycles. The molecule has 0 radical (unpaired) electrons. The molecule has 98 valence electrons. The van der Waals surface area contributed by atoms with Gasteiger partial charge in [0.2, 0.25) is 0 Å². The maximum absolute atomic E-state index is 12.0. The van der Waals surface area contributed by atoms with Gasteiger partial charge in [-0.3, -0.25) is 9.59 Å². The molecule has 0 saturated carbocycles. The number of para-hydroxylation sites is 1. The highest BCUT2D eigenvalue weighted by Crippen LogP contribution is 2.23. The fourth-order valence-corrected chi connectivity index (χ4v) is 2.24. The van der Waals surface area contributed by atoms with Gasteiger partial charge in [0.25, 0.3) is 0 Å². The minimum atomic E-state index is -0.748. The Morgan fingerprint density at radius 2 is 1.55 bits per heavy atom. The average Bonchev–Trinajstić information content (AvgIpc) is 2.60. The van der Waals surface area contributed by atoms with E-state index in [4.69, 9.17) is 0 Å². The summed E-state index contributed by atoms with van der Waals surface area (Å²) in [5.74, 6) is 0. The van der Waals surface area contributed by atoms with Gasteiger partial charge in [0.1, 0.15) is 0 Å². The second kappa shape index (κ2) is 4.74. The van der Waals surface area contributed by atoms with Crippen molar-refractivity contribution in [2.45, 2.75) is 0 Å². The van der Waals surface area contributed by atoms with Crippen molar-refractivity contribution < 1.29 is 0 Å².